The number of para-hydroxylation sites is 2. The van der Waals surface area contributed by atoms with Gasteiger partial charge in [-0.25, -0.2) is 13.4 Å². The number of amidine groups is 1. The Labute approximate surface area is 185 Å². The molecule has 9 heteroatoms. The summed E-state index contributed by atoms with van der Waals surface area (Å²) in [7, 11) is -3.54. The van der Waals surface area contributed by atoms with E-state index in [-0.39, 0.29) is 29.6 Å². The number of carbonyl (C=O) groups excluding carboxylic acids is 1. The Morgan fingerprint density at radius 1 is 1.06 bits per heavy atom. The number of aromatic nitrogens is 2. The van der Waals surface area contributed by atoms with Crippen LogP contribution in [0.2, 0.25) is 0 Å². The molecule has 0 fully saturated rings. The molecule has 8 nitrogen and oxygen atoms in total. The van der Waals surface area contributed by atoms with Gasteiger partial charge in [0.1, 0.15) is 0 Å². The molecule has 0 radical (unpaired) electrons. The number of sulfonamides is 1. The number of amides is 1. The van der Waals surface area contributed by atoms with Crippen molar-refractivity contribution in [1.29, 1.82) is 0 Å². The van der Waals surface area contributed by atoms with Gasteiger partial charge in [-0.2, -0.15) is 0 Å². The van der Waals surface area contributed by atoms with E-state index in [0.717, 1.165) is 22.2 Å². The van der Waals surface area contributed by atoms with Gasteiger partial charge < -0.3 is 14.8 Å². The van der Waals surface area contributed by atoms with Crippen molar-refractivity contribution in [2.45, 2.75) is 13.1 Å². The third-order valence-electron chi connectivity index (χ3n) is 5.46. The fourth-order valence-corrected chi connectivity index (χ4v) is 4.75. The summed E-state index contributed by atoms with van der Waals surface area (Å²) in [4.78, 5) is 18.8. The van der Waals surface area contributed by atoms with Crippen LogP contribution >= 0.6 is 0 Å². The van der Waals surface area contributed by atoms with Crippen molar-refractivity contribution >= 4 is 32.8 Å². The SMILES string of the molecule is O=C(NCc1ccc(Cn2cnc3ccccc32)cc1)C1=CC=CN2CCS(=O)(=O)N=C12. The fourth-order valence-electron chi connectivity index (χ4n) is 3.77. The molecular weight excluding hydrogens is 426 g/mol. The third kappa shape index (κ3) is 4.06. The minimum Gasteiger partial charge on any atom is -0.348 e. The second-order valence-corrected chi connectivity index (χ2v) is 9.43. The average Bonchev–Trinajstić information content (AvgIpc) is 3.20. The number of hydrogen-bond acceptors (Lipinski definition) is 5. The number of benzene rings is 2. The summed E-state index contributed by atoms with van der Waals surface area (Å²) >= 11 is 0. The molecule has 0 aliphatic carbocycles. The van der Waals surface area contributed by atoms with E-state index in [9.17, 15) is 13.2 Å². The van der Waals surface area contributed by atoms with Crippen molar-refractivity contribution in [2.24, 2.45) is 4.40 Å². The van der Waals surface area contributed by atoms with Gasteiger partial charge in [0.15, 0.2) is 5.84 Å². The molecular formula is C23H21N5O3S. The first kappa shape index (κ1) is 20.2. The van der Waals surface area contributed by atoms with Crippen molar-refractivity contribution < 1.29 is 13.2 Å². The van der Waals surface area contributed by atoms with E-state index >= 15 is 0 Å². The van der Waals surface area contributed by atoms with Crippen LogP contribution in [0.15, 0.2) is 83.2 Å². The second kappa shape index (κ2) is 8.08. The van der Waals surface area contributed by atoms with Gasteiger partial charge in [-0.1, -0.05) is 36.4 Å². The highest BCUT2D eigenvalue weighted by molar-refractivity contribution is 7.90. The zero-order valence-electron chi connectivity index (χ0n) is 17.2. The van der Waals surface area contributed by atoms with Crippen LogP contribution in [0, 0.1) is 0 Å². The summed E-state index contributed by atoms with van der Waals surface area (Å²) in [6.07, 6.45) is 6.87. The van der Waals surface area contributed by atoms with Crippen LogP contribution < -0.4 is 5.32 Å². The van der Waals surface area contributed by atoms with Gasteiger partial charge in [0, 0.05) is 25.8 Å². The quantitative estimate of drug-likeness (QED) is 0.647. The highest BCUT2D eigenvalue weighted by Gasteiger charge is 2.29. The van der Waals surface area contributed by atoms with E-state index < -0.39 is 10.0 Å². The van der Waals surface area contributed by atoms with Gasteiger partial charge in [-0.05, 0) is 35.4 Å². The molecule has 3 heterocycles. The molecule has 2 aliphatic heterocycles. The number of imidazole rings is 1. The van der Waals surface area contributed by atoms with E-state index in [1.54, 1.807) is 23.3 Å². The number of allylic oxidation sites excluding steroid dienone is 2. The molecule has 0 unspecified atom stereocenters. The van der Waals surface area contributed by atoms with Crippen LogP contribution in [0.25, 0.3) is 11.0 Å². The van der Waals surface area contributed by atoms with Crippen molar-refractivity contribution in [3.8, 4) is 0 Å². The predicted octanol–water partition coefficient (Wildman–Crippen LogP) is 2.20. The summed E-state index contributed by atoms with van der Waals surface area (Å²) in [5.74, 6) is -0.236. The van der Waals surface area contributed by atoms with E-state index in [1.165, 1.54) is 0 Å². The Balaban J connectivity index is 1.24. The normalized spacial score (nSPS) is 16.9. The van der Waals surface area contributed by atoms with E-state index in [1.807, 2.05) is 54.9 Å². The van der Waals surface area contributed by atoms with Crippen LogP contribution in [-0.4, -0.2) is 46.9 Å². The number of carbonyl (C=O) groups is 1. The monoisotopic (exact) mass is 447 g/mol. The molecule has 0 saturated heterocycles. The van der Waals surface area contributed by atoms with Crippen LogP contribution in [0.4, 0.5) is 0 Å². The van der Waals surface area contributed by atoms with Crippen molar-refractivity contribution in [2.75, 3.05) is 12.3 Å². The number of hydrogen-bond donors (Lipinski definition) is 1. The topological polar surface area (TPSA) is 96.7 Å². The Bertz CT molecular complexity index is 1380. The summed E-state index contributed by atoms with van der Waals surface area (Å²) < 4.78 is 29.6. The molecule has 0 saturated carbocycles. The van der Waals surface area contributed by atoms with E-state index in [0.29, 0.717) is 13.1 Å². The van der Waals surface area contributed by atoms with E-state index in [4.69, 9.17) is 0 Å². The number of fused-ring (bicyclic) bond motifs is 2. The molecule has 1 N–H and O–H groups in total. The zero-order chi connectivity index (χ0) is 22.1. The van der Waals surface area contributed by atoms with Crippen molar-refractivity contribution in [1.82, 2.24) is 19.8 Å². The Morgan fingerprint density at radius 3 is 2.69 bits per heavy atom. The van der Waals surface area contributed by atoms with E-state index in [2.05, 4.69) is 19.3 Å². The number of nitrogens with one attached hydrogen (secondary N) is 1. The lowest BCUT2D eigenvalue weighted by molar-refractivity contribution is -0.117. The highest BCUT2D eigenvalue weighted by atomic mass is 32.2. The van der Waals surface area contributed by atoms with Gasteiger partial charge >= 0.3 is 0 Å². The van der Waals surface area contributed by atoms with Crippen LogP contribution in [0.5, 0.6) is 0 Å². The molecule has 1 amide bonds. The molecule has 0 bridgehead atoms. The van der Waals surface area contributed by atoms with Crippen LogP contribution in [-0.2, 0) is 27.9 Å². The molecule has 5 rings (SSSR count). The fraction of sp³-hybridized carbons (Fsp3) is 0.174. The minimum atomic E-state index is -3.54. The smallest absolute Gasteiger partial charge is 0.256 e. The van der Waals surface area contributed by atoms with Gasteiger partial charge in [0.05, 0.1) is 28.7 Å². The maximum Gasteiger partial charge on any atom is 0.256 e. The molecule has 32 heavy (non-hydrogen) atoms. The van der Waals surface area contributed by atoms with Crippen LogP contribution in [0.1, 0.15) is 11.1 Å². The molecule has 2 aromatic carbocycles. The average molecular weight is 448 g/mol. The van der Waals surface area contributed by atoms with Crippen molar-refractivity contribution in [3.63, 3.8) is 0 Å². The number of nitrogens with zero attached hydrogens (tertiary/aromatic N) is 4. The Morgan fingerprint density at radius 2 is 1.84 bits per heavy atom. The van der Waals surface area contributed by atoms with Gasteiger partial charge in [0.25, 0.3) is 15.9 Å². The second-order valence-electron chi connectivity index (χ2n) is 7.68. The Kier molecular flexibility index (Phi) is 5.10. The molecule has 1 aromatic heterocycles. The van der Waals surface area contributed by atoms with Gasteiger partial charge in [-0.3, -0.25) is 4.79 Å². The van der Waals surface area contributed by atoms with Crippen LogP contribution in [0.3, 0.4) is 0 Å². The summed E-state index contributed by atoms with van der Waals surface area (Å²) in [6, 6.07) is 16.0. The van der Waals surface area contributed by atoms with Crippen molar-refractivity contribution in [3.05, 3.63) is 89.9 Å². The first-order valence-corrected chi connectivity index (χ1v) is 11.8. The number of rotatable bonds is 5. The minimum absolute atomic E-state index is 0.0586. The summed E-state index contributed by atoms with van der Waals surface area (Å²) in [6.45, 7) is 1.32. The lowest BCUT2D eigenvalue weighted by atomic mass is 10.1. The molecule has 0 spiro atoms. The Hall–Kier alpha value is -3.72. The lowest BCUT2D eigenvalue weighted by Gasteiger charge is -2.28. The van der Waals surface area contributed by atoms with Gasteiger partial charge in [-0.15, -0.1) is 4.40 Å². The summed E-state index contributed by atoms with van der Waals surface area (Å²) in [5.41, 5.74) is 4.37. The standard InChI is InChI=1S/C23H21N5O3S/c29-23(19-4-3-11-27-12-13-32(30,31)26-22(19)27)24-14-17-7-9-18(10-8-17)15-28-16-25-20-5-1-2-6-21(20)28/h1-11,16H,12-15H2,(H,24,29). The molecule has 162 valence electrons. The summed E-state index contributed by atoms with van der Waals surface area (Å²) in [5, 5.41) is 2.86. The maximum atomic E-state index is 12.7. The molecule has 3 aromatic rings. The lowest BCUT2D eigenvalue weighted by Crippen LogP contribution is -2.42. The highest BCUT2D eigenvalue weighted by Crippen LogP contribution is 2.18. The maximum absolute atomic E-state index is 12.7. The zero-order valence-corrected chi connectivity index (χ0v) is 18.0. The largest absolute Gasteiger partial charge is 0.348 e. The predicted molar refractivity (Wildman–Crippen MR) is 122 cm³/mol. The third-order valence-corrected chi connectivity index (χ3v) is 6.61. The first-order valence-electron chi connectivity index (χ1n) is 10.2. The van der Waals surface area contributed by atoms with Gasteiger partial charge in [0.2, 0.25) is 0 Å². The first-order chi connectivity index (χ1) is 15.5. The molecule has 2 aliphatic rings. The molecule has 0 atom stereocenters.